The summed E-state index contributed by atoms with van der Waals surface area (Å²) in [5.41, 5.74) is 6.41. The molecule has 0 radical (unpaired) electrons. The quantitative estimate of drug-likeness (QED) is 0.221. The van der Waals surface area contributed by atoms with Gasteiger partial charge in [0.15, 0.2) is 0 Å². The lowest BCUT2D eigenvalue weighted by atomic mass is 9.88. The molecule has 0 aromatic heterocycles. The highest BCUT2D eigenvalue weighted by atomic mass is 19.3. The van der Waals surface area contributed by atoms with Gasteiger partial charge in [-0.2, -0.15) is 8.78 Å². The highest BCUT2D eigenvalue weighted by Gasteiger charge is 2.31. The molecule has 1 aliphatic rings. The Morgan fingerprint density at radius 1 is 0.711 bits per heavy atom. The molecule has 1 heterocycles. The van der Waals surface area contributed by atoms with E-state index in [2.05, 4.69) is 35.2 Å². The fourth-order valence-corrected chi connectivity index (χ4v) is 5.00. The first-order valence-corrected chi connectivity index (χ1v) is 12.5. The zero-order valence-electron chi connectivity index (χ0n) is 20.5. The van der Waals surface area contributed by atoms with Gasteiger partial charge in [0.25, 0.3) is 0 Å². The van der Waals surface area contributed by atoms with Gasteiger partial charge < -0.3 is 14.4 Å². The van der Waals surface area contributed by atoms with Crippen molar-refractivity contribution in [3.05, 3.63) is 144 Å². The molecule has 5 aromatic rings. The highest BCUT2D eigenvalue weighted by Crippen LogP contribution is 2.50. The van der Waals surface area contributed by atoms with Crippen LogP contribution in [0.4, 0.5) is 20.2 Å². The summed E-state index contributed by atoms with van der Waals surface area (Å²) in [4.78, 5) is 2.24. The summed E-state index contributed by atoms with van der Waals surface area (Å²) in [6, 6.07) is 41.6. The maximum Gasteiger partial charge on any atom is 0.387 e. The van der Waals surface area contributed by atoms with Gasteiger partial charge in [-0.3, -0.25) is 0 Å². The average Bonchev–Trinajstić information content (AvgIpc) is 2.96. The van der Waals surface area contributed by atoms with E-state index in [-0.39, 0.29) is 5.75 Å². The summed E-state index contributed by atoms with van der Waals surface area (Å²) >= 11 is 0. The maximum absolute atomic E-state index is 13.3. The first kappa shape index (κ1) is 23.7. The van der Waals surface area contributed by atoms with Crippen molar-refractivity contribution in [2.75, 3.05) is 4.90 Å². The van der Waals surface area contributed by atoms with Gasteiger partial charge in [-0.05, 0) is 53.1 Å². The molecule has 5 heteroatoms. The van der Waals surface area contributed by atoms with E-state index in [1.807, 2.05) is 78.9 Å². The number of anilines is 2. The Balaban J connectivity index is 1.52. The minimum atomic E-state index is -2.93. The van der Waals surface area contributed by atoms with Gasteiger partial charge in [0.2, 0.25) is 0 Å². The standard InChI is InChI=1S/C33H25F2NO2/c34-33(35)38-30-18-10-17-29-31(30)27-20-19-26(21-28(27)32(37-29)24-13-6-2-7-14-24)36(25-15-8-3-9-16-25)22-23-11-4-1-5-12-23/h1-21,32-33H,22H2. The lowest BCUT2D eigenvalue weighted by Crippen LogP contribution is -2.20. The zero-order valence-corrected chi connectivity index (χ0v) is 20.5. The number of para-hydroxylation sites is 1. The van der Waals surface area contributed by atoms with Gasteiger partial charge in [0.1, 0.15) is 17.6 Å². The third-order valence-electron chi connectivity index (χ3n) is 6.70. The lowest BCUT2D eigenvalue weighted by molar-refractivity contribution is -0.0496. The van der Waals surface area contributed by atoms with Crippen molar-refractivity contribution in [3.63, 3.8) is 0 Å². The largest absolute Gasteiger partial charge is 0.480 e. The fraction of sp³-hybridized carbons (Fsp3) is 0.0909. The van der Waals surface area contributed by atoms with Gasteiger partial charge in [0, 0.05) is 23.5 Å². The molecule has 0 saturated carbocycles. The number of alkyl halides is 2. The molecule has 0 amide bonds. The molecular formula is C33H25F2NO2. The van der Waals surface area contributed by atoms with Crippen LogP contribution in [0, 0.1) is 0 Å². The maximum atomic E-state index is 13.3. The van der Waals surface area contributed by atoms with Crippen molar-refractivity contribution in [1.82, 2.24) is 0 Å². The van der Waals surface area contributed by atoms with Crippen molar-refractivity contribution in [3.8, 4) is 22.6 Å². The molecule has 1 unspecified atom stereocenters. The van der Waals surface area contributed by atoms with E-state index in [9.17, 15) is 8.78 Å². The van der Waals surface area contributed by atoms with Gasteiger partial charge in [-0.1, -0.05) is 91.0 Å². The van der Waals surface area contributed by atoms with Gasteiger partial charge in [-0.25, -0.2) is 0 Å². The molecule has 0 aliphatic carbocycles. The smallest absolute Gasteiger partial charge is 0.387 e. The highest BCUT2D eigenvalue weighted by molar-refractivity contribution is 5.83. The van der Waals surface area contributed by atoms with Crippen LogP contribution in [0.2, 0.25) is 0 Å². The van der Waals surface area contributed by atoms with E-state index in [0.29, 0.717) is 17.9 Å². The molecule has 0 spiro atoms. The number of hydrogen-bond donors (Lipinski definition) is 0. The Morgan fingerprint density at radius 2 is 1.39 bits per heavy atom. The van der Waals surface area contributed by atoms with Gasteiger partial charge in [-0.15, -0.1) is 0 Å². The van der Waals surface area contributed by atoms with Crippen LogP contribution in [-0.4, -0.2) is 6.61 Å². The predicted octanol–water partition coefficient (Wildman–Crippen LogP) is 8.78. The molecule has 0 fully saturated rings. The topological polar surface area (TPSA) is 21.7 Å². The van der Waals surface area contributed by atoms with Crippen molar-refractivity contribution in [2.24, 2.45) is 0 Å². The van der Waals surface area contributed by atoms with Crippen molar-refractivity contribution in [1.29, 1.82) is 0 Å². The van der Waals surface area contributed by atoms with Crippen LogP contribution in [0.15, 0.2) is 127 Å². The Kier molecular flexibility index (Phi) is 6.49. The molecule has 188 valence electrons. The minimum Gasteiger partial charge on any atom is -0.480 e. The predicted molar refractivity (Wildman–Crippen MR) is 146 cm³/mol. The molecule has 0 N–H and O–H groups in total. The second-order valence-corrected chi connectivity index (χ2v) is 9.10. The van der Waals surface area contributed by atoms with Crippen molar-refractivity contribution in [2.45, 2.75) is 19.3 Å². The van der Waals surface area contributed by atoms with Gasteiger partial charge in [0.05, 0.1) is 5.56 Å². The number of rotatable bonds is 7. The number of ether oxygens (including phenoxy) is 2. The van der Waals surface area contributed by atoms with Crippen LogP contribution in [-0.2, 0) is 6.54 Å². The second-order valence-electron chi connectivity index (χ2n) is 9.10. The SMILES string of the molecule is FC(F)Oc1cccc2c1-c1ccc(N(Cc3ccccc3)c3ccccc3)cc1C(c1ccccc1)O2. The fourth-order valence-electron chi connectivity index (χ4n) is 5.00. The van der Waals surface area contributed by atoms with Crippen LogP contribution in [0.1, 0.15) is 22.8 Å². The van der Waals surface area contributed by atoms with Crippen LogP contribution in [0.25, 0.3) is 11.1 Å². The molecule has 1 atom stereocenters. The third kappa shape index (κ3) is 4.71. The van der Waals surface area contributed by atoms with Crippen molar-refractivity contribution >= 4 is 11.4 Å². The summed E-state index contributed by atoms with van der Waals surface area (Å²) in [6.07, 6.45) is -0.408. The van der Waals surface area contributed by atoms with E-state index < -0.39 is 12.7 Å². The molecule has 38 heavy (non-hydrogen) atoms. The summed E-state index contributed by atoms with van der Waals surface area (Å²) in [5, 5.41) is 0. The van der Waals surface area contributed by atoms with E-state index in [4.69, 9.17) is 9.47 Å². The van der Waals surface area contributed by atoms with E-state index >= 15 is 0 Å². The molecular weight excluding hydrogens is 480 g/mol. The second kappa shape index (κ2) is 10.4. The van der Waals surface area contributed by atoms with Crippen LogP contribution in [0.3, 0.4) is 0 Å². The van der Waals surface area contributed by atoms with Crippen LogP contribution >= 0.6 is 0 Å². The summed E-state index contributed by atoms with van der Waals surface area (Å²) in [6.45, 7) is -2.27. The summed E-state index contributed by atoms with van der Waals surface area (Å²) < 4.78 is 38.0. The monoisotopic (exact) mass is 505 g/mol. The molecule has 0 saturated heterocycles. The number of benzene rings is 5. The Morgan fingerprint density at radius 3 is 2.11 bits per heavy atom. The average molecular weight is 506 g/mol. The molecule has 1 aliphatic heterocycles. The van der Waals surface area contributed by atoms with E-state index in [1.165, 1.54) is 5.56 Å². The number of nitrogens with zero attached hydrogens (tertiary/aromatic N) is 1. The molecule has 3 nitrogen and oxygen atoms in total. The zero-order chi connectivity index (χ0) is 25.9. The van der Waals surface area contributed by atoms with Gasteiger partial charge >= 0.3 is 6.61 Å². The van der Waals surface area contributed by atoms with E-state index in [1.54, 1.807) is 18.2 Å². The van der Waals surface area contributed by atoms with Crippen molar-refractivity contribution < 1.29 is 18.3 Å². The minimum absolute atomic E-state index is 0.0993. The Labute approximate surface area is 220 Å². The number of hydrogen-bond acceptors (Lipinski definition) is 3. The normalized spacial score (nSPS) is 13.8. The first-order chi connectivity index (χ1) is 18.7. The molecule has 5 aromatic carbocycles. The number of halogens is 2. The first-order valence-electron chi connectivity index (χ1n) is 12.5. The molecule has 0 bridgehead atoms. The Bertz CT molecular complexity index is 1530. The van der Waals surface area contributed by atoms with E-state index in [0.717, 1.165) is 28.1 Å². The lowest BCUT2D eigenvalue weighted by Gasteiger charge is -2.32. The summed E-state index contributed by atoms with van der Waals surface area (Å²) in [5.74, 6) is 0.615. The van der Waals surface area contributed by atoms with Crippen LogP contribution in [0.5, 0.6) is 11.5 Å². The Hall–Kier alpha value is -4.64. The van der Waals surface area contributed by atoms with Crippen LogP contribution < -0.4 is 14.4 Å². The third-order valence-corrected chi connectivity index (χ3v) is 6.70. The summed E-state index contributed by atoms with van der Waals surface area (Å²) in [7, 11) is 0. The number of fused-ring (bicyclic) bond motifs is 3. The molecule has 6 rings (SSSR count).